The molecule has 22 heteroatoms. The van der Waals surface area contributed by atoms with Crippen LogP contribution in [0.3, 0.4) is 0 Å². The van der Waals surface area contributed by atoms with E-state index >= 15 is 0 Å². The van der Waals surface area contributed by atoms with Crippen molar-refractivity contribution in [1.82, 2.24) is 4.90 Å². The predicted octanol–water partition coefficient (Wildman–Crippen LogP) is 1.55. The van der Waals surface area contributed by atoms with Gasteiger partial charge in [0.05, 0.1) is 55.2 Å². The quantitative estimate of drug-likeness (QED) is 0.0695. The number of hydrogen-bond acceptors (Lipinski definition) is 20. The molecule has 1 unspecified atom stereocenters. The molecule has 21 atom stereocenters. The van der Waals surface area contributed by atoms with Crippen molar-refractivity contribution < 1.29 is 102 Å². The van der Waals surface area contributed by atoms with Crippen LogP contribution in [0.5, 0.6) is 0 Å². The van der Waals surface area contributed by atoms with Crippen molar-refractivity contribution in [3.63, 3.8) is 0 Å². The Morgan fingerprint density at radius 3 is 1.99 bits per heavy atom. The Morgan fingerprint density at radius 2 is 1.44 bits per heavy atom. The molecule has 4 heterocycles. The van der Waals surface area contributed by atoms with Gasteiger partial charge < -0.3 is 88.1 Å². The number of aldehydes is 1. The molecule has 0 bridgehead atoms. The maximum Gasteiger partial charge on any atom is 0.328 e. The molecular formula is C50H81NO21. The summed E-state index contributed by atoms with van der Waals surface area (Å²) in [5, 5.41) is 71.4. The molecule has 4 aliphatic heterocycles. The zero-order valence-electron chi connectivity index (χ0n) is 43.5. The third-order valence-electron chi connectivity index (χ3n) is 13.8. The number of nitrogens with zero attached hydrogens (tertiary/aromatic N) is 1. The number of carboxylic acid groups (broad SMARTS) is 2. The number of allylic oxidation sites excluding steroid dienone is 3. The van der Waals surface area contributed by atoms with Crippen LogP contribution < -0.4 is 0 Å². The van der Waals surface area contributed by atoms with Gasteiger partial charge in [0.1, 0.15) is 49.0 Å². The van der Waals surface area contributed by atoms with Crippen LogP contribution >= 0.6 is 0 Å². The number of carbonyl (C=O) groups is 5. The molecule has 0 aromatic rings. The van der Waals surface area contributed by atoms with Gasteiger partial charge in [-0.15, -0.1) is 0 Å². The summed E-state index contributed by atoms with van der Waals surface area (Å²) in [6.07, 6.45) is -7.37. The lowest BCUT2D eigenvalue weighted by atomic mass is 9.79. The first-order valence-electron chi connectivity index (χ1n) is 24.4. The van der Waals surface area contributed by atoms with Crippen molar-refractivity contribution in [2.75, 3.05) is 34.9 Å². The van der Waals surface area contributed by atoms with Gasteiger partial charge in [0, 0.05) is 57.0 Å². The number of rotatable bonds is 15. The second kappa shape index (κ2) is 28.9. The summed E-state index contributed by atoms with van der Waals surface area (Å²) in [5.74, 6) is -6.10. The van der Waals surface area contributed by atoms with Crippen LogP contribution in [0.4, 0.5) is 0 Å². The van der Waals surface area contributed by atoms with E-state index < -0.39 is 152 Å². The number of aliphatic carboxylic acids is 2. The molecule has 3 fully saturated rings. The Morgan fingerprint density at radius 1 is 0.833 bits per heavy atom. The zero-order chi connectivity index (χ0) is 54.4. The van der Waals surface area contributed by atoms with Crippen LogP contribution in [0.2, 0.25) is 0 Å². The molecule has 412 valence electrons. The van der Waals surface area contributed by atoms with E-state index in [0.717, 1.165) is 6.29 Å². The standard InChI is InChI=1S/C46H77NO17.C4H4O4/c1-13-33-30(22-58-45-42(57-12)41(56-11)37(52)26(5)60-45)18-23(2)14-15-31(49)24(3)19-29(16-17-48)39(25(4)32(50)20-34(51)62-33)64-44-38(53)36(47(9)10)40(27(6)61-44)63-35-21-46(8,55)43(54)28(7)59-35;5-3(6)1-2-4(7)8/h14-15,17-18,24-30,32-33,35-45,50,52-55H,13,16,19-22H2,1-12H3;1-2H,(H,5,6)(H,7,8)/b15-14+,23-18+;2-1+/t24-,25+,26-,27-,28+,29+,30?,32-,33-,35+,36-,37-,38-,39-,40-,41-,42-,43+,44+,45-,46-;/m1./s1. The van der Waals surface area contributed by atoms with Crippen molar-refractivity contribution >= 4 is 30.0 Å². The smallest absolute Gasteiger partial charge is 0.328 e. The lowest BCUT2D eigenvalue weighted by Crippen LogP contribution is -2.65. The second-order valence-electron chi connectivity index (χ2n) is 19.8. The van der Waals surface area contributed by atoms with Crippen LogP contribution in [0.1, 0.15) is 87.5 Å². The number of aliphatic hydroxyl groups is 5. The number of hydrogen-bond donors (Lipinski definition) is 7. The van der Waals surface area contributed by atoms with Crippen LogP contribution in [0.15, 0.2) is 36.0 Å². The SMILES string of the molecule is CC[C@H]1OC(=O)C[C@@H](O)[C@H](C)[C@@H](O[C@@H]2O[C@H](C)[C@@H](O[C@H]3C[C@@](C)(O)[C@@H](O)[C@H](C)O3)[C@H](N(C)C)[C@H]2O)[C@@H](CC=O)C[C@@H](C)C(=O)/C=C/C(C)=C/C1CO[C@@H]1O[C@H](C)[C@@H](O)[C@@H](OC)[C@H]1OC.O=C(O)/C=C/C(=O)O. The molecule has 3 saturated heterocycles. The van der Waals surface area contributed by atoms with Crippen molar-refractivity contribution in [3.8, 4) is 0 Å². The fourth-order valence-electron chi connectivity index (χ4n) is 9.65. The summed E-state index contributed by atoms with van der Waals surface area (Å²) in [7, 11) is 6.43. The summed E-state index contributed by atoms with van der Waals surface area (Å²) in [4.78, 5) is 60.6. The maximum atomic E-state index is 13.8. The maximum absolute atomic E-state index is 13.8. The minimum atomic E-state index is -1.49. The van der Waals surface area contributed by atoms with E-state index in [1.54, 1.807) is 59.7 Å². The summed E-state index contributed by atoms with van der Waals surface area (Å²) >= 11 is 0. The van der Waals surface area contributed by atoms with E-state index in [0.29, 0.717) is 24.1 Å². The third-order valence-corrected chi connectivity index (χ3v) is 13.8. The number of aliphatic hydroxyl groups excluding tert-OH is 4. The van der Waals surface area contributed by atoms with Gasteiger partial charge in [-0.1, -0.05) is 38.5 Å². The molecule has 0 aliphatic carbocycles. The highest BCUT2D eigenvalue weighted by Gasteiger charge is 2.52. The normalized spacial score (nSPS) is 41.9. The summed E-state index contributed by atoms with van der Waals surface area (Å²) in [6.45, 7) is 13.6. The number of esters is 1. The van der Waals surface area contributed by atoms with Crippen LogP contribution in [-0.2, 0) is 66.6 Å². The number of cyclic esters (lactones) is 1. The van der Waals surface area contributed by atoms with Gasteiger partial charge >= 0.3 is 17.9 Å². The Kier molecular flexibility index (Phi) is 25.2. The van der Waals surface area contributed by atoms with Crippen LogP contribution in [0, 0.1) is 23.7 Å². The highest BCUT2D eigenvalue weighted by Crippen LogP contribution is 2.37. The van der Waals surface area contributed by atoms with E-state index in [1.165, 1.54) is 27.2 Å². The molecule has 4 aliphatic rings. The summed E-state index contributed by atoms with van der Waals surface area (Å²) in [6, 6.07) is -0.748. The third kappa shape index (κ3) is 17.5. The van der Waals surface area contributed by atoms with Gasteiger partial charge in [-0.25, -0.2) is 9.59 Å². The largest absolute Gasteiger partial charge is 0.478 e. The Bertz CT molecular complexity index is 1820. The van der Waals surface area contributed by atoms with Gasteiger partial charge in [-0.05, 0) is 73.5 Å². The van der Waals surface area contributed by atoms with Gasteiger partial charge in [0.15, 0.2) is 24.7 Å². The van der Waals surface area contributed by atoms with E-state index in [-0.39, 0.29) is 31.7 Å². The molecular weight excluding hydrogens is 951 g/mol. The molecule has 0 amide bonds. The highest BCUT2D eigenvalue weighted by atomic mass is 16.7. The lowest BCUT2D eigenvalue weighted by Gasteiger charge is -2.50. The number of carboxylic acids is 2. The van der Waals surface area contributed by atoms with Crippen molar-refractivity contribution in [1.29, 1.82) is 0 Å². The number of methoxy groups -OCH3 is 2. The topological polar surface area (TPSA) is 313 Å². The first kappa shape index (κ1) is 62.7. The zero-order valence-corrected chi connectivity index (χ0v) is 43.5. The first-order valence-corrected chi connectivity index (χ1v) is 24.4. The number of carbonyl (C=O) groups excluding carboxylic acids is 3. The van der Waals surface area contributed by atoms with Crippen molar-refractivity contribution in [2.45, 2.75) is 191 Å². The minimum Gasteiger partial charge on any atom is -0.478 e. The molecule has 0 radical (unpaired) electrons. The molecule has 0 aromatic heterocycles. The lowest BCUT2D eigenvalue weighted by molar-refractivity contribution is -0.341. The van der Waals surface area contributed by atoms with Gasteiger partial charge in [-0.3, -0.25) is 9.59 Å². The molecule has 0 aromatic carbocycles. The van der Waals surface area contributed by atoms with E-state index in [4.69, 9.17) is 52.8 Å². The number of likely N-dealkylation sites (N-methyl/N-ethyl adjacent to an activating group) is 1. The molecule has 7 N–H and O–H groups in total. The van der Waals surface area contributed by atoms with Crippen LogP contribution in [0.25, 0.3) is 0 Å². The second-order valence-corrected chi connectivity index (χ2v) is 19.8. The van der Waals surface area contributed by atoms with E-state index in [9.17, 15) is 49.5 Å². The average molecular weight is 1030 g/mol. The average Bonchev–Trinajstić information content (AvgIpc) is 3.30. The minimum absolute atomic E-state index is 0.00788. The van der Waals surface area contributed by atoms with Crippen LogP contribution in [-0.4, -0.2) is 209 Å². The van der Waals surface area contributed by atoms with E-state index in [1.807, 2.05) is 19.9 Å². The first-order chi connectivity index (χ1) is 33.7. The Labute approximate surface area is 422 Å². The molecule has 0 saturated carbocycles. The molecule has 4 rings (SSSR count). The highest BCUT2D eigenvalue weighted by molar-refractivity contribution is 5.92. The fourth-order valence-corrected chi connectivity index (χ4v) is 9.65. The summed E-state index contributed by atoms with van der Waals surface area (Å²) < 4.78 is 54.7. The number of ether oxygens (including phenoxy) is 9. The van der Waals surface area contributed by atoms with E-state index in [2.05, 4.69) is 0 Å². The molecule has 0 spiro atoms. The Balaban J connectivity index is 0.00000157. The van der Waals surface area contributed by atoms with Gasteiger partial charge in [-0.2, -0.15) is 0 Å². The monoisotopic (exact) mass is 1030 g/mol. The molecule has 72 heavy (non-hydrogen) atoms. The van der Waals surface area contributed by atoms with Gasteiger partial charge in [0.25, 0.3) is 0 Å². The fraction of sp³-hybridized carbons (Fsp3) is 0.780. The number of ketones is 1. The predicted molar refractivity (Wildman–Crippen MR) is 255 cm³/mol. The summed E-state index contributed by atoms with van der Waals surface area (Å²) in [5.41, 5.74) is -0.806. The molecule has 22 nitrogen and oxygen atoms in total. The van der Waals surface area contributed by atoms with Crippen molar-refractivity contribution in [3.05, 3.63) is 36.0 Å². The van der Waals surface area contributed by atoms with Crippen molar-refractivity contribution in [2.24, 2.45) is 23.7 Å². The Hall–Kier alpha value is -3.59. The van der Waals surface area contributed by atoms with Gasteiger partial charge in [0.2, 0.25) is 0 Å².